The third-order valence-corrected chi connectivity index (χ3v) is 5.35. The van der Waals surface area contributed by atoms with Crippen LogP contribution in [-0.4, -0.2) is 25.3 Å². The summed E-state index contributed by atoms with van der Waals surface area (Å²) < 4.78 is 22.5. The average molecular weight is 431 g/mol. The number of thiazole rings is 1. The molecule has 0 atom stereocenters. The lowest BCUT2D eigenvalue weighted by Gasteiger charge is -2.05. The minimum absolute atomic E-state index is 0.00454. The first-order chi connectivity index (χ1) is 13.8. The summed E-state index contributed by atoms with van der Waals surface area (Å²) in [5, 5.41) is 15.0. The molecule has 1 heterocycles. The number of amides is 3. The number of benzene rings is 2. The van der Waals surface area contributed by atoms with Gasteiger partial charge in [0.15, 0.2) is 5.13 Å². The van der Waals surface area contributed by atoms with Crippen LogP contribution in [0.5, 0.6) is 0 Å². The number of anilines is 3. The van der Waals surface area contributed by atoms with Crippen molar-refractivity contribution in [1.29, 1.82) is 0 Å². The van der Waals surface area contributed by atoms with Gasteiger partial charge in [0.1, 0.15) is 0 Å². The highest BCUT2D eigenvalue weighted by Gasteiger charge is 2.11. The molecule has 9 nitrogen and oxygen atoms in total. The fourth-order valence-electron chi connectivity index (χ4n) is 2.32. The standard InChI is InChI=1S/C18H17N5O4S2/c19-29(26,27)15-8-6-13(7-9-15)20-16(24)10-14-11-28-18(22-14)23-17(25)21-12-4-2-1-3-5-12/h1-9,11H,10H2,(H,20,24)(H2,19,26,27)(H2,21,22,23,25). The summed E-state index contributed by atoms with van der Waals surface area (Å²) in [6.07, 6.45) is -0.00454. The van der Waals surface area contributed by atoms with E-state index in [9.17, 15) is 18.0 Å². The molecule has 1 aromatic heterocycles. The number of carbonyl (C=O) groups is 2. The normalized spacial score (nSPS) is 10.9. The summed E-state index contributed by atoms with van der Waals surface area (Å²) in [5.41, 5.74) is 1.57. The van der Waals surface area contributed by atoms with E-state index < -0.39 is 16.1 Å². The lowest BCUT2D eigenvalue weighted by atomic mass is 10.3. The number of carbonyl (C=O) groups excluding carboxylic acids is 2. The van der Waals surface area contributed by atoms with Crippen LogP contribution < -0.4 is 21.1 Å². The van der Waals surface area contributed by atoms with Gasteiger partial charge in [0.2, 0.25) is 15.9 Å². The number of nitrogens with zero attached hydrogens (tertiary/aromatic N) is 1. The third kappa shape index (κ3) is 6.10. The maximum absolute atomic E-state index is 12.1. The van der Waals surface area contributed by atoms with Crippen molar-refractivity contribution in [3.63, 3.8) is 0 Å². The number of rotatable bonds is 6. The van der Waals surface area contributed by atoms with E-state index in [1.54, 1.807) is 29.6 Å². The molecule has 0 aliphatic carbocycles. The average Bonchev–Trinajstić information content (AvgIpc) is 3.08. The van der Waals surface area contributed by atoms with Gasteiger partial charge in [-0.15, -0.1) is 11.3 Å². The molecule has 150 valence electrons. The SMILES string of the molecule is NS(=O)(=O)c1ccc(NC(=O)Cc2csc(NC(=O)Nc3ccccc3)n2)cc1. The van der Waals surface area contributed by atoms with Crippen LogP contribution in [-0.2, 0) is 21.2 Å². The predicted molar refractivity (Wildman–Crippen MR) is 111 cm³/mol. The van der Waals surface area contributed by atoms with Gasteiger partial charge in [0, 0.05) is 16.8 Å². The second kappa shape index (κ2) is 8.82. The molecular formula is C18H17N5O4S2. The summed E-state index contributed by atoms with van der Waals surface area (Å²) in [6, 6.07) is 14.0. The smallest absolute Gasteiger partial charge is 0.325 e. The van der Waals surface area contributed by atoms with Crippen LogP contribution in [0, 0.1) is 0 Å². The van der Waals surface area contributed by atoms with E-state index in [1.165, 1.54) is 35.6 Å². The van der Waals surface area contributed by atoms with E-state index in [4.69, 9.17) is 5.14 Å². The Balaban J connectivity index is 1.53. The van der Waals surface area contributed by atoms with E-state index in [2.05, 4.69) is 20.9 Å². The summed E-state index contributed by atoms with van der Waals surface area (Å²) >= 11 is 1.20. The van der Waals surface area contributed by atoms with Crippen LogP contribution in [0.25, 0.3) is 0 Å². The minimum Gasteiger partial charge on any atom is -0.326 e. The van der Waals surface area contributed by atoms with Gasteiger partial charge in [-0.05, 0) is 36.4 Å². The molecule has 0 radical (unpaired) electrons. The van der Waals surface area contributed by atoms with Gasteiger partial charge >= 0.3 is 6.03 Å². The fraction of sp³-hybridized carbons (Fsp3) is 0.0556. The molecule has 0 aliphatic rings. The second-order valence-electron chi connectivity index (χ2n) is 5.88. The van der Waals surface area contributed by atoms with Crippen molar-refractivity contribution >= 4 is 49.8 Å². The van der Waals surface area contributed by atoms with Gasteiger partial charge in [-0.1, -0.05) is 18.2 Å². The Morgan fingerprint density at radius 2 is 1.59 bits per heavy atom. The largest absolute Gasteiger partial charge is 0.326 e. The first kappa shape index (κ1) is 20.5. The van der Waals surface area contributed by atoms with E-state index in [0.717, 1.165) is 0 Å². The molecule has 2 aromatic carbocycles. The van der Waals surface area contributed by atoms with Gasteiger partial charge in [0.05, 0.1) is 17.0 Å². The van der Waals surface area contributed by atoms with Gasteiger partial charge in [-0.3, -0.25) is 10.1 Å². The molecular weight excluding hydrogens is 414 g/mol. The van der Waals surface area contributed by atoms with Crippen molar-refractivity contribution in [2.75, 3.05) is 16.0 Å². The molecule has 0 aliphatic heterocycles. The van der Waals surface area contributed by atoms with Gasteiger partial charge in [0.25, 0.3) is 0 Å². The zero-order valence-corrected chi connectivity index (χ0v) is 16.6. The van der Waals surface area contributed by atoms with E-state index >= 15 is 0 Å². The molecule has 0 bridgehead atoms. The summed E-state index contributed by atoms with van der Waals surface area (Å²) in [5.74, 6) is -0.334. The summed E-state index contributed by atoms with van der Waals surface area (Å²) in [7, 11) is -3.78. The Morgan fingerprint density at radius 3 is 2.24 bits per heavy atom. The Morgan fingerprint density at radius 1 is 0.931 bits per heavy atom. The first-order valence-corrected chi connectivity index (χ1v) is 10.7. The van der Waals surface area contributed by atoms with Crippen molar-refractivity contribution in [2.45, 2.75) is 11.3 Å². The number of urea groups is 1. The number of hydrogen-bond donors (Lipinski definition) is 4. The van der Waals surface area contributed by atoms with Crippen molar-refractivity contribution < 1.29 is 18.0 Å². The van der Waals surface area contributed by atoms with Crippen LogP contribution in [0.1, 0.15) is 5.69 Å². The number of nitrogens with one attached hydrogen (secondary N) is 3. The molecule has 0 unspecified atom stereocenters. The second-order valence-corrected chi connectivity index (χ2v) is 8.30. The molecule has 3 amide bonds. The molecule has 5 N–H and O–H groups in total. The zero-order chi connectivity index (χ0) is 20.9. The van der Waals surface area contributed by atoms with Crippen LogP contribution in [0.4, 0.5) is 21.3 Å². The monoisotopic (exact) mass is 431 g/mol. The molecule has 29 heavy (non-hydrogen) atoms. The van der Waals surface area contributed by atoms with Crippen LogP contribution in [0.2, 0.25) is 0 Å². The van der Waals surface area contributed by atoms with Crippen LogP contribution >= 0.6 is 11.3 Å². The van der Waals surface area contributed by atoms with E-state index in [1.807, 2.05) is 6.07 Å². The van der Waals surface area contributed by atoms with Gasteiger partial charge in [-0.25, -0.2) is 23.3 Å². The molecule has 0 fully saturated rings. The fourth-order valence-corrected chi connectivity index (χ4v) is 3.54. The first-order valence-electron chi connectivity index (χ1n) is 8.30. The quantitative estimate of drug-likeness (QED) is 0.474. The number of hydrogen-bond acceptors (Lipinski definition) is 6. The molecule has 0 saturated heterocycles. The third-order valence-electron chi connectivity index (χ3n) is 3.61. The molecule has 3 aromatic rings. The minimum atomic E-state index is -3.78. The lowest BCUT2D eigenvalue weighted by molar-refractivity contribution is -0.115. The van der Waals surface area contributed by atoms with Crippen molar-refractivity contribution in [3.05, 3.63) is 65.7 Å². The summed E-state index contributed by atoms with van der Waals surface area (Å²) in [4.78, 5) is 28.3. The number of aromatic nitrogens is 1. The number of primary sulfonamides is 1. The Labute approximate surface area is 171 Å². The van der Waals surface area contributed by atoms with E-state index in [-0.39, 0.29) is 17.2 Å². The Bertz CT molecular complexity index is 1110. The highest BCUT2D eigenvalue weighted by atomic mass is 32.2. The highest BCUT2D eigenvalue weighted by molar-refractivity contribution is 7.89. The van der Waals surface area contributed by atoms with Gasteiger partial charge < -0.3 is 10.6 Å². The predicted octanol–water partition coefficient (Wildman–Crippen LogP) is 2.62. The number of sulfonamides is 1. The molecule has 3 rings (SSSR count). The van der Waals surface area contributed by atoms with Crippen molar-refractivity contribution in [3.8, 4) is 0 Å². The maximum Gasteiger partial charge on any atom is 0.325 e. The maximum atomic E-state index is 12.1. The molecule has 0 spiro atoms. The molecule has 0 saturated carbocycles. The Kier molecular flexibility index (Phi) is 6.22. The lowest BCUT2D eigenvalue weighted by Crippen LogP contribution is -2.19. The van der Waals surface area contributed by atoms with Gasteiger partial charge in [-0.2, -0.15) is 0 Å². The summed E-state index contributed by atoms with van der Waals surface area (Å²) in [6.45, 7) is 0. The van der Waals surface area contributed by atoms with Crippen LogP contribution in [0.3, 0.4) is 0 Å². The Hall–Kier alpha value is -3.28. The number of nitrogens with two attached hydrogens (primary N) is 1. The topological polar surface area (TPSA) is 143 Å². The molecule has 11 heteroatoms. The van der Waals surface area contributed by atoms with Crippen molar-refractivity contribution in [2.24, 2.45) is 5.14 Å². The highest BCUT2D eigenvalue weighted by Crippen LogP contribution is 2.18. The van der Waals surface area contributed by atoms with E-state index in [0.29, 0.717) is 22.2 Å². The van der Waals surface area contributed by atoms with Crippen LogP contribution in [0.15, 0.2) is 64.9 Å². The zero-order valence-electron chi connectivity index (χ0n) is 15.0. The number of para-hydroxylation sites is 1. The van der Waals surface area contributed by atoms with Crippen molar-refractivity contribution in [1.82, 2.24) is 4.98 Å².